The minimum Gasteiger partial charge on any atom is -0.458 e. The van der Waals surface area contributed by atoms with E-state index in [1.807, 2.05) is 23.1 Å². The van der Waals surface area contributed by atoms with Gasteiger partial charge in [0.25, 0.3) is 6.02 Å². The Morgan fingerprint density at radius 1 is 1.06 bits per heavy atom. The molecule has 7 nitrogen and oxygen atoms in total. The smallest absolute Gasteiger partial charge is 0.416 e. The molecule has 10 heteroatoms. The second kappa shape index (κ2) is 9.07. The molecule has 2 aliphatic heterocycles. The summed E-state index contributed by atoms with van der Waals surface area (Å²) in [6, 6.07) is 13.8. The molecule has 2 fully saturated rings. The lowest BCUT2D eigenvalue weighted by Gasteiger charge is -2.37. The molecule has 1 unspecified atom stereocenters. The molecule has 2 aliphatic rings. The number of amidine groups is 1. The zero-order chi connectivity index (χ0) is 22.7. The number of benzene rings is 2. The van der Waals surface area contributed by atoms with Crippen LogP contribution in [0.25, 0.3) is 0 Å². The van der Waals surface area contributed by atoms with Crippen molar-refractivity contribution in [3.63, 3.8) is 0 Å². The van der Waals surface area contributed by atoms with E-state index in [2.05, 4.69) is 10.2 Å². The normalized spacial score (nSPS) is 19.7. The molecule has 2 N–H and O–H groups in total. The van der Waals surface area contributed by atoms with E-state index >= 15 is 0 Å². The van der Waals surface area contributed by atoms with Gasteiger partial charge in [-0.15, -0.1) is 0 Å². The first-order valence-electron chi connectivity index (χ1n) is 10.3. The van der Waals surface area contributed by atoms with E-state index in [9.17, 15) is 18.0 Å². The van der Waals surface area contributed by atoms with Gasteiger partial charge in [0, 0.05) is 44.1 Å². The molecule has 0 bridgehead atoms. The quantitative estimate of drug-likeness (QED) is 0.750. The Balaban J connectivity index is 1.28. The van der Waals surface area contributed by atoms with E-state index < -0.39 is 17.8 Å². The molecule has 0 spiro atoms. The van der Waals surface area contributed by atoms with Crippen molar-refractivity contribution in [3.8, 4) is 0 Å². The summed E-state index contributed by atoms with van der Waals surface area (Å²) in [5.74, 6) is 0. The first kappa shape index (κ1) is 21.9. The topological polar surface area (TPSA) is 71.9 Å². The number of para-hydroxylation sites is 1. The number of anilines is 2. The lowest BCUT2D eigenvalue weighted by atomic mass is 10.1. The molecular weight excluding hydrogens is 423 g/mol. The number of rotatable bonds is 4. The fraction of sp³-hybridized carbons (Fsp3) is 0.364. The molecule has 2 heterocycles. The Bertz CT molecular complexity index is 962. The maximum Gasteiger partial charge on any atom is 0.416 e. The second-order valence-corrected chi connectivity index (χ2v) is 7.79. The number of piperazine rings is 1. The highest BCUT2D eigenvalue weighted by atomic mass is 19.4. The number of carbonyl (C=O) groups excluding carboxylic acids is 1. The van der Waals surface area contributed by atoms with Crippen molar-refractivity contribution in [3.05, 3.63) is 60.2 Å². The Labute approximate surface area is 183 Å². The highest BCUT2D eigenvalue weighted by molar-refractivity contribution is 6.00. The van der Waals surface area contributed by atoms with Crippen LogP contribution in [0.15, 0.2) is 54.6 Å². The Morgan fingerprint density at radius 2 is 1.78 bits per heavy atom. The van der Waals surface area contributed by atoms with Crippen LogP contribution in [0.2, 0.25) is 0 Å². The number of nitrogens with one attached hydrogen (secondary N) is 2. The van der Waals surface area contributed by atoms with Crippen molar-refractivity contribution in [1.29, 1.82) is 5.41 Å². The van der Waals surface area contributed by atoms with Gasteiger partial charge in [-0.25, -0.2) is 9.69 Å². The number of hydrogen-bond acceptors (Lipinski definition) is 5. The largest absolute Gasteiger partial charge is 0.458 e. The van der Waals surface area contributed by atoms with E-state index in [0.29, 0.717) is 44.1 Å². The average molecular weight is 447 g/mol. The zero-order valence-corrected chi connectivity index (χ0v) is 17.3. The molecule has 2 amide bonds. The fourth-order valence-corrected chi connectivity index (χ4v) is 3.88. The van der Waals surface area contributed by atoms with Crippen LogP contribution >= 0.6 is 0 Å². The number of urea groups is 1. The predicted molar refractivity (Wildman–Crippen MR) is 115 cm³/mol. The van der Waals surface area contributed by atoms with Crippen LogP contribution in [0.4, 0.5) is 29.3 Å². The van der Waals surface area contributed by atoms with Crippen molar-refractivity contribution < 1.29 is 22.7 Å². The molecule has 1 atom stereocenters. The van der Waals surface area contributed by atoms with Crippen molar-refractivity contribution in [2.45, 2.75) is 12.3 Å². The Hall–Kier alpha value is -3.27. The molecule has 2 aromatic rings. The molecule has 32 heavy (non-hydrogen) atoms. The van der Waals surface area contributed by atoms with Gasteiger partial charge in [0.1, 0.15) is 6.10 Å². The minimum absolute atomic E-state index is 0.189. The number of hydrogen-bond donors (Lipinski definition) is 2. The highest BCUT2D eigenvalue weighted by Crippen LogP contribution is 2.32. The maximum atomic E-state index is 13.0. The van der Waals surface area contributed by atoms with Gasteiger partial charge < -0.3 is 15.0 Å². The van der Waals surface area contributed by atoms with Gasteiger partial charge in [0.2, 0.25) is 0 Å². The van der Waals surface area contributed by atoms with Crippen LogP contribution in [-0.2, 0) is 10.9 Å². The van der Waals surface area contributed by atoms with E-state index in [1.54, 1.807) is 18.2 Å². The van der Waals surface area contributed by atoms with Gasteiger partial charge in [0.15, 0.2) is 0 Å². The van der Waals surface area contributed by atoms with Gasteiger partial charge in [-0.2, -0.15) is 13.2 Å². The molecular formula is C22H24F3N5O2. The Kier molecular flexibility index (Phi) is 6.22. The fourth-order valence-electron chi connectivity index (χ4n) is 3.88. The van der Waals surface area contributed by atoms with Gasteiger partial charge in [-0.05, 0) is 30.3 Å². The van der Waals surface area contributed by atoms with Crippen molar-refractivity contribution in [2.75, 3.05) is 49.5 Å². The van der Waals surface area contributed by atoms with Crippen LogP contribution in [0.5, 0.6) is 0 Å². The summed E-state index contributed by atoms with van der Waals surface area (Å²) >= 11 is 0. The lowest BCUT2D eigenvalue weighted by molar-refractivity contribution is -0.137. The standard InChI is InChI=1S/C22H24F3N5O2/c23-22(24,25)16-5-4-8-18(13-16)29-11-9-28(10-12-29)14-19-15-30(20(26)32-19)21(31)27-17-6-2-1-3-7-17/h1-8,13,19,26H,9-12,14-15H2,(H,27,31). The van der Waals surface area contributed by atoms with Crippen LogP contribution in [0.3, 0.4) is 0 Å². The van der Waals surface area contributed by atoms with Crippen LogP contribution in [0.1, 0.15) is 5.56 Å². The third kappa shape index (κ3) is 5.13. The SMILES string of the molecule is N=C1OC(CN2CCN(c3cccc(C(F)(F)F)c3)CC2)CN1C(=O)Nc1ccccc1. The highest BCUT2D eigenvalue weighted by Gasteiger charge is 2.35. The number of alkyl halides is 3. The summed E-state index contributed by atoms with van der Waals surface area (Å²) in [6.07, 6.45) is -4.69. The van der Waals surface area contributed by atoms with Crippen molar-refractivity contribution in [2.24, 2.45) is 0 Å². The van der Waals surface area contributed by atoms with E-state index in [0.717, 1.165) is 6.07 Å². The third-order valence-corrected chi connectivity index (χ3v) is 5.55. The molecule has 2 saturated heterocycles. The predicted octanol–water partition coefficient (Wildman–Crippen LogP) is 3.70. The number of ether oxygens (including phenoxy) is 1. The summed E-state index contributed by atoms with van der Waals surface area (Å²) in [6.45, 7) is 3.28. The number of halogens is 3. The molecule has 0 radical (unpaired) electrons. The molecule has 0 aromatic heterocycles. The lowest BCUT2D eigenvalue weighted by Crippen LogP contribution is -2.49. The first-order valence-corrected chi connectivity index (χ1v) is 10.3. The molecule has 0 aliphatic carbocycles. The van der Waals surface area contributed by atoms with Gasteiger partial charge >= 0.3 is 12.2 Å². The molecule has 0 saturated carbocycles. The number of carbonyl (C=O) groups is 1. The average Bonchev–Trinajstić information content (AvgIpc) is 3.14. The summed E-state index contributed by atoms with van der Waals surface area (Å²) < 4.78 is 44.5. The maximum absolute atomic E-state index is 13.0. The van der Waals surface area contributed by atoms with E-state index in [-0.39, 0.29) is 18.7 Å². The summed E-state index contributed by atoms with van der Waals surface area (Å²) in [7, 11) is 0. The number of nitrogens with zero attached hydrogens (tertiary/aromatic N) is 3. The summed E-state index contributed by atoms with van der Waals surface area (Å²) in [4.78, 5) is 17.8. The second-order valence-electron chi connectivity index (χ2n) is 7.79. The number of amides is 2. The third-order valence-electron chi connectivity index (χ3n) is 5.55. The van der Waals surface area contributed by atoms with Gasteiger partial charge in [0.05, 0.1) is 12.1 Å². The summed E-state index contributed by atoms with van der Waals surface area (Å²) in [5.41, 5.74) is 0.547. The first-order chi connectivity index (χ1) is 15.3. The zero-order valence-electron chi connectivity index (χ0n) is 17.3. The van der Waals surface area contributed by atoms with Crippen molar-refractivity contribution in [1.82, 2.24) is 9.80 Å². The van der Waals surface area contributed by atoms with Gasteiger partial charge in [-0.1, -0.05) is 24.3 Å². The minimum atomic E-state index is -4.36. The van der Waals surface area contributed by atoms with Crippen LogP contribution in [0, 0.1) is 5.41 Å². The summed E-state index contributed by atoms with van der Waals surface area (Å²) in [5, 5.41) is 10.7. The van der Waals surface area contributed by atoms with Crippen LogP contribution < -0.4 is 10.2 Å². The molecule has 170 valence electrons. The van der Waals surface area contributed by atoms with E-state index in [4.69, 9.17) is 10.1 Å². The van der Waals surface area contributed by atoms with Gasteiger partial charge in [-0.3, -0.25) is 10.3 Å². The van der Waals surface area contributed by atoms with Crippen LogP contribution in [-0.4, -0.2) is 67.2 Å². The van der Waals surface area contributed by atoms with Crippen molar-refractivity contribution >= 4 is 23.4 Å². The molecule has 4 rings (SSSR count). The monoisotopic (exact) mass is 447 g/mol. The Morgan fingerprint density at radius 3 is 2.47 bits per heavy atom. The van der Waals surface area contributed by atoms with E-state index in [1.165, 1.54) is 17.0 Å². The molecule has 2 aromatic carbocycles.